The molecule has 0 unspecified atom stereocenters. The summed E-state index contributed by atoms with van der Waals surface area (Å²) in [5, 5.41) is 0.586. The van der Waals surface area contributed by atoms with E-state index in [0.717, 1.165) is 23.2 Å². The van der Waals surface area contributed by atoms with Crippen LogP contribution in [-0.4, -0.2) is 9.97 Å². The van der Waals surface area contributed by atoms with Gasteiger partial charge in [-0.3, -0.25) is 0 Å². The maximum Gasteiger partial charge on any atom is 0.416 e. The van der Waals surface area contributed by atoms with Crippen molar-refractivity contribution in [3.63, 3.8) is 0 Å². The van der Waals surface area contributed by atoms with Crippen LogP contribution in [0.4, 0.5) is 18.9 Å². The molecule has 3 nitrogen and oxygen atoms in total. The van der Waals surface area contributed by atoms with E-state index < -0.39 is 11.7 Å². The normalized spacial score (nSPS) is 12.0. The molecule has 0 amide bonds. The molecule has 0 aliphatic rings. The minimum Gasteiger partial charge on any atom is -0.398 e. The Morgan fingerprint density at radius 3 is 2.52 bits per heavy atom. The smallest absolute Gasteiger partial charge is 0.398 e. The number of hydrogen-bond donors (Lipinski definition) is 2. The van der Waals surface area contributed by atoms with Gasteiger partial charge in [-0.1, -0.05) is 12.1 Å². The first kappa shape index (κ1) is 13.8. The number of para-hydroxylation sites is 2. The van der Waals surface area contributed by atoms with Crippen LogP contribution in [0.5, 0.6) is 0 Å². The molecule has 21 heavy (non-hydrogen) atoms. The fourth-order valence-corrected chi connectivity index (χ4v) is 2.73. The lowest BCUT2D eigenvalue weighted by Crippen LogP contribution is -2.05. The summed E-state index contributed by atoms with van der Waals surface area (Å²) in [6.07, 6.45) is -4.39. The van der Waals surface area contributed by atoms with Crippen molar-refractivity contribution < 1.29 is 13.2 Å². The van der Waals surface area contributed by atoms with Crippen molar-refractivity contribution in [2.24, 2.45) is 0 Å². The Balaban J connectivity index is 1.91. The number of aromatic nitrogens is 2. The molecule has 3 aromatic rings. The van der Waals surface area contributed by atoms with Crippen LogP contribution >= 0.6 is 11.8 Å². The highest BCUT2D eigenvalue weighted by atomic mass is 32.2. The van der Waals surface area contributed by atoms with Gasteiger partial charge in [-0.2, -0.15) is 13.2 Å². The van der Waals surface area contributed by atoms with Gasteiger partial charge in [0.2, 0.25) is 0 Å². The second-order valence-corrected chi connectivity index (χ2v) is 5.44. The Hall–Kier alpha value is -2.15. The van der Waals surface area contributed by atoms with Crippen molar-refractivity contribution in [3.05, 3.63) is 48.0 Å². The van der Waals surface area contributed by atoms with E-state index in [1.165, 1.54) is 17.8 Å². The number of aromatic amines is 1. The fraction of sp³-hybridized carbons (Fsp3) is 0.0714. The predicted octanol–water partition coefficient (Wildman–Crippen LogP) is 4.32. The standard InChI is InChI=1S/C14H10F3N3S/c15-14(16,17)8-5-6-12(9(18)7-8)21-13-19-10-3-1-2-4-11(10)20-13/h1-7H,18H2,(H,19,20). The molecular weight excluding hydrogens is 299 g/mol. The number of nitrogens with zero attached hydrogens (tertiary/aromatic N) is 1. The number of nitrogens with one attached hydrogen (secondary N) is 1. The number of imidazole rings is 1. The highest BCUT2D eigenvalue weighted by Crippen LogP contribution is 2.36. The molecule has 0 fully saturated rings. The average Bonchev–Trinajstić information content (AvgIpc) is 2.82. The van der Waals surface area contributed by atoms with Crippen molar-refractivity contribution in [1.29, 1.82) is 0 Å². The maximum absolute atomic E-state index is 12.6. The number of benzene rings is 2. The number of hydrogen-bond acceptors (Lipinski definition) is 3. The number of nitrogen functional groups attached to an aromatic ring is 1. The number of H-pyrrole nitrogens is 1. The maximum atomic E-state index is 12.6. The van der Waals surface area contributed by atoms with Crippen LogP contribution in [0, 0.1) is 0 Å². The van der Waals surface area contributed by atoms with E-state index in [1.807, 2.05) is 24.3 Å². The summed E-state index contributed by atoms with van der Waals surface area (Å²) in [6.45, 7) is 0. The average molecular weight is 309 g/mol. The van der Waals surface area contributed by atoms with E-state index in [9.17, 15) is 13.2 Å². The lowest BCUT2D eigenvalue weighted by Gasteiger charge is -2.09. The van der Waals surface area contributed by atoms with Gasteiger partial charge in [0.1, 0.15) is 0 Å². The molecule has 3 N–H and O–H groups in total. The van der Waals surface area contributed by atoms with Crippen LogP contribution in [0.25, 0.3) is 11.0 Å². The second-order valence-electron chi connectivity index (χ2n) is 4.41. The Bertz CT molecular complexity index is 763. The quantitative estimate of drug-likeness (QED) is 0.693. The summed E-state index contributed by atoms with van der Waals surface area (Å²) in [7, 11) is 0. The third kappa shape index (κ3) is 2.82. The number of rotatable bonds is 2. The molecule has 1 aromatic heterocycles. The summed E-state index contributed by atoms with van der Waals surface area (Å²) in [5.41, 5.74) is 6.68. The van der Waals surface area contributed by atoms with E-state index in [4.69, 9.17) is 5.73 Å². The van der Waals surface area contributed by atoms with Crippen molar-refractivity contribution in [2.75, 3.05) is 5.73 Å². The van der Waals surface area contributed by atoms with Crippen LogP contribution in [0.3, 0.4) is 0 Å². The minimum absolute atomic E-state index is 0.0790. The molecule has 3 rings (SSSR count). The van der Waals surface area contributed by atoms with E-state index in [2.05, 4.69) is 9.97 Å². The van der Waals surface area contributed by atoms with Crippen molar-refractivity contribution in [3.8, 4) is 0 Å². The Morgan fingerprint density at radius 1 is 1.10 bits per heavy atom. The third-order valence-electron chi connectivity index (χ3n) is 2.91. The lowest BCUT2D eigenvalue weighted by atomic mass is 10.2. The van der Waals surface area contributed by atoms with Crippen LogP contribution in [0.2, 0.25) is 0 Å². The summed E-state index contributed by atoms with van der Waals surface area (Å²) >= 11 is 1.20. The zero-order valence-electron chi connectivity index (χ0n) is 10.6. The molecule has 0 saturated heterocycles. The molecule has 1 heterocycles. The van der Waals surface area contributed by atoms with E-state index >= 15 is 0 Å². The summed E-state index contributed by atoms with van der Waals surface area (Å²) in [5.74, 6) is 0. The molecule has 2 aromatic carbocycles. The van der Waals surface area contributed by atoms with Crippen LogP contribution in [0.15, 0.2) is 52.5 Å². The molecule has 0 spiro atoms. The molecule has 0 bridgehead atoms. The number of nitrogens with two attached hydrogens (primary N) is 1. The predicted molar refractivity (Wildman–Crippen MR) is 76.1 cm³/mol. The first-order valence-electron chi connectivity index (χ1n) is 6.03. The number of halogens is 3. The molecule has 0 radical (unpaired) electrons. The van der Waals surface area contributed by atoms with Gasteiger partial charge in [0.25, 0.3) is 0 Å². The van der Waals surface area contributed by atoms with E-state index in [1.54, 1.807) is 0 Å². The molecule has 0 saturated carbocycles. The zero-order valence-corrected chi connectivity index (χ0v) is 11.4. The van der Waals surface area contributed by atoms with Gasteiger partial charge in [-0.05, 0) is 42.1 Å². The largest absolute Gasteiger partial charge is 0.416 e. The number of alkyl halides is 3. The highest BCUT2D eigenvalue weighted by Gasteiger charge is 2.30. The molecule has 0 aliphatic carbocycles. The van der Waals surface area contributed by atoms with Crippen molar-refractivity contribution >= 4 is 28.5 Å². The van der Waals surface area contributed by atoms with Crippen LogP contribution in [-0.2, 0) is 6.18 Å². The number of fused-ring (bicyclic) bond motifs is 1. The van der Waals surface area contributed by atoms with Gasteiger partial charge in [0.05, 0.1) is 16.6 Å². The first-order valence-corrected chi connectivity index (χ1v) is 6.84. The monoisotopic (exact) mass is 309 g/mol. The van der Waals surface area contributed by atoms with Gasteiger partial charge >= 0.3 is 6.18 Å². The summed E-state index contributed by atoms with van der Waals surface area (Å²) in [4.78, 5) is 7.97. The minimum atomic E-state index is -4.39. The van der Waals surface area contributed by atoms with Gasteiger partial charge in [0, 0.05) is 10.6 Å². The highest BCUT2D eigenvalue weighted by molar-refractivity contribution is 7.99. The van der Waals surface area contributed by atoms with Gasteiger partial charge < -0.3 is 10.7 Å². The number of anilines is 1. The van der Waals surface area contributed by atoms with Gasteiger partial charge in [-0.25, -0.2) is 4.98 Å². The van der Waals surface area contributed by atoms with Crippen LogP contribution < -0.4 is 5.73 Å². The first-order chi connectivity index (χ1) is 9.93. The fourth-order valence-electron chi connectivity index (χ4n) is 1.90. The van der Waals surface area contributed by atoms with Gasteiger partial charge in [0.15, 0.2) is 5.16 Å². The zero-order chi connectivity index (χ0) is 15.0. The Kier molecular flexibility index (Phi) is 3.29. The second kappa shape index (κ2) is 5.00. The van der Waals surface area contributed by atoms with Crippen molar-refractivity contribution in [1.82, 2.24) is 9.97 Å². The molecule has 7 heteroatoms. The Morgan fingerprint density at radius 2 is 1.86 bits per heavy atom. The van der Waals surface area contributed by atoms with Gasteiger partial charge in [-0.15, -0.1) is 0 Å². The SMILES string of the molecule is Nc1cc(C(F)(F)F)ccc1Sc1nc2ccccc2[nH]1. The topological polar surface area (TPSA) is 54.7 Å². The lowest BCUT2D eigenvalue weighted by molar-refractivity contribution is -0.137. The summed E-state index contributed by atoms with van der Waals surface area (Å²) < 4.78 is 37.8. The van der Waals surface area contributed by atoms with E-state index in [0.29, 0.717) is 10.1 Å². The van der Waals surface area contributed by atoms with Crippen molar-refractivity contribution in [2.45, 2.75) is 16.2 Å². The summed E-state index contributed by atoms with van der Waals surface area (Å²) in [6, 6.07) is 10.8. The molecule has 0 atom stereocenters. The third-order valence-corrected chi connectivity index (χ3v) is 3.89. The molecule has 0 aliphatic heterocycles. The van der Waals surface area contributed by atoms with E-state index in [-0.39, 0.29) is 5.69 Å². The van der Waals surface area contributed by atoms with Crippen LogP contribution in [0.1, 0.15) is 5.56 Å². The molecule has 108 valence electrons. The molecular formula is C14H10F3N3S. The Labute approximate surface area is 122 Å².